The first-order chi connectivity index (χ1) is 11.2. The zero-order chi connectivity index (χ0) is 15.8. The second kappa shape index (κ2) is 5.33. The lowest BCUT2D eigenvalue weighted by Gasteiger charge is -1.96. The summed E-state index contributed by atoms with van der Waals surface area (Å²) in [5.74, 6) is 0.817. The van der Waals surface area contributed by atoms with Gasteiger partial charge in [0.15, 0.2) is 0 Å². The van der Waals surface area contributed by atoms with E-state index in [1.54, 1.807) is 42.7 Å². The third-order valence-corrected chi connectivity index (χ3v) is 4.24. The van der Waals surface area contributed by atoms with E-state index < -0.39 is 0 Å². The topological polar surface area (TPSA) is 93.5 Å². The number of phenolic OH excluding ortho intramolecular Hbond substituents is 1. The molecule has 7 nitrogen and oxygen atoms in total. The van der Waals surface area contributed by atoms with Crippen molar-refractivity contribution in [1.29, 1.82) is 0 Å². The van der Waals surface area contributed by atoms with Gasteiger partial charge < -0.3 is 9.52 Å². The standard InChI is InChI=1S/C15H10N4O3S/c20-10-5-3-9(4-6-10)13-18-19-14(21)12(16-17-15(19)23-13)8-11-2-1-7-22-11/h1-7,20H,8H2. The highest BCUT2D eigenvalue weighted by atomic mass is 32.1. The first-order valence-corrected chi connectivity index (χ1v) is 7.59. The summed E-state index contributed by atoms with van der Waals surface area (Å²) in [6.07, 6.45) is 1.82. The van der Waals surface area contributed by atoms with E-state index in [0.29, 0.717) is 15.7 Å². The van der Waals surface area contributed by atoms with Crippen molar-refractivity contribution < 1.29 is 9.52 Å². The molecule has 0 unspecified atom stereocenters. The van der Waals surface area contributed by atoms with Gasteiger partial charge in [0.25, 0.3) is 5.56 Å². The van der Waals surface area contributed by atoms with Crippen LogP contribution < -0.4 is 5.56 Å². The molecule has 4 rings (SSSR count). The summed E-state index contributed by atoms with van der Waals surface area (Å²) in [7, 11) is 0. The number of hydrogen-bond donors (Lipinski definition) is 1. The van der Waals surface area contributed by atoms with Crippen LogP contribution in [-0.4, -0.2) is 24.9 Å². The molecule has 3 aromatic heterocycles. The lowest BCUT2D eigenvalue weighted by atomic mass is 10.2. The molecule has 0 aliphatic carbocycles. The van der Waals surface area contributed by atoms with Gasteiger partial charge in [-0.25, -0.2) is 0 Å². The zero-order valence-corrected chi connectivity index (χ0v) is 12.5. The number of hydrogen-bond acceptors (Lipinski definition) is 7. The third kappa shape index (κ3) is 2.49. The summed E-state index contributed by atoms with van der Waals surface area (Å²) < 4.78 is 6.48. The van der Waals surface area contributed by atoms with Crippen molar-refractivity contribution in [3.05, 3.63) is 64.5 Å². The molecule has 0 aliphatic heterocycles. The first-order valence-electron chi connectivity index (χ1n) is 6.78. The maximum Gasteiger partial charge on any atom is 0.297 e. The minimum atomic E-state index is -0.312. The van der Waals surface area contributed by atoms with Crippen LogP contribution >= 0.6 is 11.3 Å². The van der Waals surface area contributed by atoms with Crippen molar-refractivity contribution in [2.45, 2.75) is 6.42 Å². The fourth-order valence-corrected chi connectivity index (χ4v) is 3.00. The van der Waals surface area contributed by atoms with Gasteiger partial charge in [0.05, 0.1) is 12.7 Å². The van der Waals surface area contributed by atoms with Crippen LogP contribution in [0.1, 0.15) is 11.5 Å². The summed E-state index contributed by atoms with van der Waals surface area (Å²) in [4.78, 5) is 12.9. The zero-order valence-electron chi connectivity index (χ0n) is 11.7. The second-order valence-electron chi connectivity index (χ2n) is 4.86. The molecule has 0 radical (unpaired) electrons. The molecule has 0 saturated heterocycles. The van der Waals surface area contributed by atoms with Crippen LogP contribution in [0.3, 0.4) is 0 Å². The van der Waals surface area contributed by atoms with E-state index in [0.717, 1.165) is 5.56 Å². The predicted molar refractivity (Wildman–Crippen MR) is 83.5 cm³/mol. The Bertz CT molecular complexity index is 1020. The van der Waals surface area contributed by atoms with Crippen LogP contribution in [0.4, 0.5) is 0 Å². The summed E-state index contributed by atoms with van der Waals surface area (Å²) >= 11 is 1.26. The lowest BCUT2D eigenvalue weighted by molar-refractivity contribution is 0.475. The molecule has 0 spiro atoms. The molecule has 23 heavy (non-hydrogen) atoms. The van der Waals surface area contributed by atoms with Crippen LogP contribution in [0, 0.1) is 0 Å². The molecule has 8 heteroatoms. The number of phenols is 1. The van der Waals surface area contributed by atoms with Gasteiger partial charge in [0, 0.05) is 5.56 Å². The third-order valence-electron chi connectivity index (χ3n) is 3.29. The molecule has 0 bridgehead atoms. The van der Waals surface area contributed by atoms with E-state index in [2.05, 4.69) is 15.3 Å². The first kappa shape index (κ1) is 13.6. The van der Waals surface area contributed by atoms with Gasteiger partial charge in [-0.3, -0.25) is 4.79 Å². The second-order valence-corrected chi connectivity index (χ2v) is 5.81. The molecular weight excluding hydrogens is 316 g/mol. The lowest BCUT2D eigenvalue weighted by Crippen LogP contribution is -2.22. The number of fused-ring (bicyclic) bond motifs is 1. The average Bonchev–Trinajstić information content (AvgIpc) is 3.20. The molecule has 4 aromatic rings. The highest BCUT2D eigenvalue weighted by Crippen LogP contribution is 2.25. The molecule has 3 heterocycles. The van der Waals surface area contributed by atoms with Crippen molar-refractivity contribution in [3.8, 4) is 16.3 Å². The van der Waals surface area contributed by atoms with Gasteiger partial charge in [0.2, 0.25) is 4.96 Å². The number of nitrogens with zero attached hydrogens (tertiary/aromatic N) is 4. The highest BCUT2D eigenvalue weighted by molar-refractivity contribution is 7.19. The Balaban J connectivity index is 1.78. The van der Waals surface area contributed by atoms with Gasteiger partial charge in [-0.1, -0.05) is 11.3 Å². The average molecular weight is 326 g/mol. The Kier molecular flexibility index (Phi) is 3.16. The van der Waals surface area contributed by atoms with Gasteiger partial charge in [-0.15, -0.1) is 10.2 Å². The molecule has 0 aliphatic rings. The van der Waals surface area contributed by atoms with E-state index >= 15 is 0 Å². The normalized spacial score (nSPS) is 11.1. The van der Waals surface area contributed by atoms with Gasteiger partial charge in [0.1, 0.15) is 22.2 Å². The smallest absolute Gasteiger partial charge is 0.297 e. The summed E-state index contributed by atoms with van der Waals surface area (Å²) in [6, 6.07) is 10.1. The van der Waals surface area contributed by atoms with Crippen LogP contribution in [-0.2, 0) is 6.42 Å². The van der Waals surface area contributed by atoms with Gasteiger partial charge in [-0.05, 0) is 36.4 Å². The molecule has 1 aromatic carbocycles. The molecule has 1 N–H and O–H groups in total. The molecule has 0 atom stereocenters. The van der Waals surface area contributed by atoms with Crippen LogP contribution in [0.2, 0.25) is 0 Å². The maximum atomic E-state index is 12.5. The largest absolute Gasteiger partial charge is 0.508 e. The van der Waals surface area contributed by atoms with Crippen LogP contribution in [0.15, 0.2) is 51.9 Å². The molecular formula is C15H10N4O3S. The molecule has 0 fully saturated rings. The number of aromatic nitrogens is 4. The van der Waals surface area contributed by atoms with E-state index in [-0.39, 0.29) is 23.4 Å². The van der Waals surface area contributed by atoms with Crippen molar-refractivity contribution in [2.24, 2.45) is 0 Å². The van der Waals surface area contributed by atoms with Crippen LogP contribution in [0.5, 0.6) is 5.75 Å². The van der Waals surface area contributed by atoms with Crippen molar-refractivity contribution in [3.63, 3.8) is 0 Å². The summed E-state index contributed by atoms with van der Waals surface area (Å²) in [6.45, 7) is 0. The number of rotatable bonds is 3. The molecule has 114 valence electrons. The fraction of sp³-hybridized carbons (Fsp3) is 0.0667. The van der Waals surface area contributed by atoms with Crippen molar-refractivity contribution in [2.75, 3.05) is 0 Å². The Morgan fingerprint density at radius 2 is 2.00 bits per heavy atom. The Hall–Kier alpha value is -3.00. The fourth-order valence-electron chi connectivity index (χ4n) is 2.16. The van der Waals surface area contributed by atoms with E-state index in [9.17, 15) is 9.90 Å². The minimum Gasteiger partial charge on any atom is -0.508 e. The Morgan fingerprint density at radius 3 is 2.74 bits per heavy atom. The predicted octanol–water partition coefficient (Wildman–Crippen LogP) is 2.10. The van der Waals surface area contributed by atoms with E-state index in [1.165, 1.54) is 15.9 Å². The molecule has 0 amide bonds. The minimum absolute atomic E-state index is 0.174. The van der Waals surface area contributed by atoms with Crippen molar-refractivity contribution in [1.82, 2.24) is 19.8 Å². The van der Waals surface area contributed by atoms with Gasteiger partial charge >= 0.3 is 0 Å². The molecule has 0 saturated carbocycles. The number of aromatic hydroxyl groups is 1. The Morgan fingerprint density at radius 1 is 1.17 bits per heavy atom. The number of benzene rings is 1. The van der Waals surface area contributed by atoms with E-state index in [4.69, 9.17) is 4.42 Å². The summed E-state index contributed by atoms with van der Waals surface area (Å²) in [5.41, 5.74) is 0.762. The van der Waals surface area contributed by atoms with Crippen LogP contribution in [0.25, 0.3) is 15.5 Å². The highest BCUT2D eigenvalue weighted by Gasteiger charge is 2.14. The monoisotopic (exact) mass is 326 g/mol. The van der Waals surface area contributed by atoms with E-state index in [1.807, 2.05) is 0 Å². The van der Waals surface area contributed by atoms with Gasteiger partial charge in [-0.2, -0.15) is 9.61 Å². The Labute approximate surface area is 133 Å². The maximum absolute atomic E-state index is 12.5. The quantitative estimate of drug-likeness (QED) is 0.620. The summed E-state index contributed by atoms with van der Waals surface area (Å²) in [5, 5.41) is 22.3. The van der Waals surface area contributed by atoms with Crippen molar-refractivity contribution >= 4 is 16.3 Å². The number of furan rings is 1. The SMILES string of the molecule is O=c1c(Cc2ccco2)nnc2sc(-c3ccc(O)cc3)nn12.